The maximum absolute atomic E-state index is 13.1. The average Bonchev–Trinajstić information content (AvgIpc) is 2.55. The van der Waals surface area contributed by atoms with E-state index in [2.05, 4.69) is 4.40 Å². The van der Waals surface area contributed by atoms with Crippen LogP contribution in [0.2, 0.25) is 0 Å². The van der Waals surface area contributed by atoms with E-state index in [9.17, 15) is 21.6 Å². The number of benzene rings is 2. The van der Waals surface area contributed by atoms with E-state index >= 15 is 0 Å². The highest BCUT2D eigenvalue weighted by molar-refractivity contribution is 7.90. The third-order valence-electron chi connectivity index (χ3n) is 2.87. The van der Waals surface area contributed by atoms with Crippen molar-refractivity contribution < 1.29 is 26.3 Å². The third-order valence-corrected chi connectivity index (χ3v) is 4.16. The minimum absolute atomic E-state index is 0.0233. The number of methoxy groups -OCH3 is 1. The van der Waals surface area contributed by atoms with Gasteiger partial charge in [0.05, 0.1) is 12.0 Å². The Morgan fingerprint density at radius 2 is 1.62 bits per heavy atom. The van der Waals surface area contributed by atoms with E-state index in [4.69, 9.17) is 4.74 Å². The summed E-state index contributed by atoms with van der Waals surface area (Å²) < 4.78 is 71.2. The Morgan fingerprint density at radius 1 is 1.04 bits per heavy atom. The van der Waals surface area contributed by atoms with Crippen LogP contribution >= 0.6 is 0 Å². The summed E-state index contributed by atoms with van der Waals surface area (Å²) in [5.74, 6) is -1.18. The molecular formula is C15H13F3N2O3S. The quantitative estimate of drug-likeness (QED) is 0.671. The predicted octanol–water partition coefficient (Wildman–Crippen LogP) is 3.46. The fourth-order valence-corrected chi connectivity index (χ4v) is 2.72. The molecule has 0 aliphatic heterocycles. The molecule has 0 fully saturated rings. The number of ether oxygens (including phenoxy) is 1. The summed E-state index contributed by atoms with van der Waals surface area (Å²) in [5.41, 5.74) is 0.0233. The summed E-state index contributed by atoms with van der Waals surface area (Å²) in [6.45, 7) is 0. The van der Waals surface area contributed by atoms with Gasteiger partial charge in [-0.05, 0) is 36.4 Å². The molecule has 5 nitrogen and oxygen atoms in total. The molecule has 0 unspecified atom stereocenters. The van der Waals surface area contributed by atoms with Crippen molar-refractivity contribution in [2.24, 2.45) is 4.40 Å². The van der Waals surface area contributed by atoms with E-state index in [1.165, 1.54) is 55.6 Å². The highest BCUT2D eigenvalue weighted by Gasteiger charge is 2.38. The van der Waals surface area contributed by atoms with Crippen molar-refractivity contribution >= 4 is 21.5 Å². The highest BCUT2D eigenvalue weighted by atomic mass is 32.2. The fourth-order valence-electron chi connectivity index (χ4n) is 1.72. The monoisotopic (exact) mass is 358 g/mol. The number of alkyl halides is 3. The van der Waals surface area contributed by atoms with Crippen molar-refractivity contribution in [3.8, 4) is 5.75 Å². The largest absolute Gasteiger partial charge is 0.497 e. The lowest BCUT2D eigenvalue weighted by atomic mass is 10.3. The van der Waals surface area contributed by atoms with Crippen LogP contribution in [-0.2, 0) is 10.0 Å². The molecule has 2 rings (SSSR count). The van der Waals surface area contributed by atoms with Gasteiger partial charge in [-0.15, -0.1) is 4.40 Å². The van der Waals surface area contributed by atoms with Gasteiger partial charge in [0.2, 0.25) is 5.84 Å². The SMILES string of the molecule is COc1ccc(NC(=NS(=O)(=O)c2ccccc2)C(F)(F)F)cc1. The molecule has 0 aliphatic carbocycles. The summed E-state index contributed by atoms with van der Waals surface area (Å²) in [6.07, 6.45) is -4.97. The van der Waals surface area contributed by atoms with Gasteiger partial charge >= 0.3 is 6.18 Å². The Balaban J connectivity index is 2.38. The molecular weight excluding hydrogens is 345 g/mol. The fraction of sp³-hybridized carbons (Fsp3) is 0.133. The molecule has 0 atom stereocenters. The van der Waals surface area contributed by atoms with Crippen molar-refractivity contribution in [2.45, 2.75) is 11.1 Å². The van der Waals surface area contributed by atoms with Gasteiger partial charge in [0.1, 0.15) is 5.75 Å². The summed E-state index contributed by atoms with van der Waals surface area (Å²) >= 11 is 0. The topological polar surface area (TPSA) is 67.8 Å². The number of amidine groups is 1. The predicted molar refractivity (Wildman–Crippen MR) is 83.7 cm³/mol. The first-order chi connectivity index (χ1) is 11.2. The molecule has 128 valence electrons. The molecule has 0 spiro atoms. The smallest absolute Gasteiger partial charge is 0.450 e. The van der Waals surface area contributed by atoms with Crippen LogP contribution in [0.4, 0.5) is 18.9 Å². The Bertz CT molecular complexity index is 817. The first-order valence-corrected chi connectivity index (χ1v) is 8.05. The van der Waals surface area contributed by atoms with Crippen LogP contribution in [0.5, 0.6) is 5.75 Å². The summed E-state index contributed by atoms with van der Waals surface area (Å²) in [7, 11) is -3.08. The molecule has 9 heteroatoms. The molecule has 0 aromatic heterocycles. The normalized spacial score (nSPS) is 12.8. The van der Waals surface area contributed by atoms with Crippen LogP contribution in [0.1, 0.15) is 0 Å². The van der Waals surface area contributed by atoms with Crippen molar-refractivity contribution in [1.29, 1.82) is 0 Å². The van der Waals surface area contributed by atoms with E-state index in [0.717, 1.165) is 0 Å². The number of halogens is 3. The summed E-state index contributed by atoms with van der Waals surface area (Å²) in [5, 5.41) is 1.99. The number of hydrogen-bond donors (Lipinski definition) is 1. The van der Waals surface area contributed by atoms with Crippen molar-refractivity contribution in [1.82, 2.24) is 0 Å². The molecule has 1 N–H and O–H groups in total. The highest BCUT2D eigenvalue weighted by Crippen LogP contribution is 2.23. The second kappa shape index (κ2) is 6.91. The molecule has 0 radical (unpaired) electrons. The lowest BCUT2D eigenvalue weighted by Gasteiger charge is -2.13. The van der Waals surface area contributed by atoms with E-state index < -0.39 is 22.0 Å². The second-order valence-electron chi connectivity index (χ2n) is 4.58. The van der Waals surface area contributed by atoms with Crippen molar-refractivity contribution in [3.63, 3.8) is 0 Å². The van der Waals surface area contributed by atoms with Crippen LogP contribution in [0.15, 0.2) is 63.9 Å². The summed E-state index contributed by atoms with van der Waals surface area (Å²) in [4.78, 5) is -0.330. The van der Waals surface area contributed by atoms with Crippen molar-refractivity contribution in [3.05, 3.63) is 54.6 Å². The van der Waals surface area contributed by atoms with Gasteiger partial charge in [-0.3, -0.25) is 0 Å². The number of nitrogens with zero attached hydrogens (tertiary/aromatic N) is 1. The third kappa shape index (κ3) is 4.48. The Kier molecular flexibility index (Phi) is 5.13. The van der Waals surface area contributed by atoms with Gasteiger partial charge in [0, 0.05) is 5.69 Å². The minimum Gasteiger partial charge on any atom is -0.497 e. The number of hydrogen-bond acceptors (Lipinski definition) is 3. The molecule has 0 saturated heterocycles. The zero-order chi connectivity index (χ0) is 17.8. The summed E-state index contributed by atoms with van der Waals surface area (Å²) in [6, 6.07) is 12.2. The Morgan fingerprint density at radius 3 is 2.12 bits per heavy atom. The molecule has 24 heavy (non-hydrogen) atoms. The van der Waals surface area contributed by atoms with E-state index in [0.29, 0.717) is 5.75 Å². The van der Waals surface area contributed by atoms with Crippen molar-refractivity contribution in [2.75, 3.05) is 12.4 Å². The molecule has 0 bridgehead atoms. The maximum Gasteiger partial charge on any atom is 0.450 e. The molecule has 2 aromatic carbocycles. The lowest BCUT2D eigenvalue weighted by molar-refractivity contribution is -0.0585. The maximum atomic E-state index is 13.1. The van der Waals surface area contributed by atoms with Gasteiger partial charge in [0.15, 0.2) is 0 Å². The zero-order valence-corrected chi connectivity index (χ0v) is 13.2. The van der Waals surface area contributed by atoms with E-state index in [1.807, 2.05) is 5.32 Å². The van der Waals surface area contributed by atoms with E-state index in [1.54, 1.807) is 6.07 Å². The van der Waals surface area contributed by atoms with Crippen LogP contribution in [0.3, 0.4) is 0 Å². The molecule has 0 saturated carbocycles. The van der Waals surface area contributed by atoms with E-state index in [-0.39, 0.29) is 10.6 Å². The second-order valence-corrected chi connectivity index (χ2v) is 6.18. The van der Waals surface area contributed by atoms with Crippen LogP contribution in [0, 0.1) is 0 Å². The number of anilines is 1. The average molecular weight is 358 g/mol. The number of nitrogens with one attached hydrogen (secondary N) is 1. The first kappa shape index (κ1) is 17.8. The minimum atomic E-state index is -4.97. The van der Waals surface area contributed by atoms with Gasteiger partial charge in [0.25, 0.3) is 10.0 Å². The molecule has 0 heterocycles. The van der Waals surface area contributed by atoms with Gasteiger partial charge in [-0.25, -0.2) is 0 Å². The Labute approximate surface area is 136 Å². The van der Waals surface area contributed by atoms with Crippen LogP contribution < -0.4 is 10.1 Å². The number of rotatable bonds is 4. The van der Waals surface area contributed by atoms with Gasteiger partial charge in [-0.1, -0.05) is 18.2 Å². The standard InChI is InChI=1S/C15H13F3N2O3S/c1-23-12-9-7-11(8-10-12)19-14(15(16,17)18)20-24(21,22)13-5-3-2-4-6-13/h2-10H,1H3,(H,19,20). The van der Waals surface area contributed by atoms with Gasteiger partial charge < -0.3 is 10.1 Å². The molecule has 0 amide bonds. The first-order valence-electron chi connectivity index (χ1n) is 6.61. The lowest BCUT2D eigenvalue weighted by Crippen LogP contribution is -2.31. The number of sulfonamides is 1. The van der Waals surface area contributed by atoms with Crippen LogP contribution in [0.25, 0.3) is 0 Å². The Hall–Kier alpha value is -2.55. The zero-order valence-electron chi connectivity index (χ0n) is 12.4. The van der Waals surface area contributed by atoms with Crippen LogP contribution in [-0.4, -0.2) is 27.5 Å². The molecule has 2 aromatic rings. The van der Waals surface area contributed by atoms with Gasteiger partial charge in [-0.2, -0.15) is 21.6 Å². The molecule has 0 aliphatic rings.